The molecule has 0 radical (unpaired) electrons. The van der Waals surface area contributed by atoms with Crippen molar-refractivity contribution in [2.45, 2.75) is 12.1 Å². The zero-order valence-electron chi connectivity index (χ0n) is 9.25. The van der Waals surface area contributed by atoms with Crippen LogP contribution < -0.4 is 0 Å². The smallest absolute Gasteiger partial charge is 0.188 e. The minimum atomic E-state index is 0.746. The molecule has 17 heavy (non-hydrogen) atoms. The summed E-state index contributed by atoms with van der Waals surface area (Å²) in [5.74, 6) is 0.746. The first-order valence-electron chi connectivity index (χ1n) is 5.04. The molecule has 0 aliphatic rings. The molecule has 1 aromatic carbocycles. The van der Waals surface area contributed by atoms with Crippen molar-refractivity contribution >= 4 is 23.4 Å². The van der Waals surface area contributed by atoms with E-state index in [0.717, 1.165) is 16.6 Å². The second-order valence-electron chi connectivity index (χ2n) is 3.38. The number of hydrogen-bond donors (Lipinski definition) is 0. The zero-order chi connectivity index (χ0) is 12.1. The first-order chi connectivity index (χ1) is 8.31. The number of hydrogen-bond acceptors (Lipinski definition) is 4. The van der Waals surface area contributed by atoms with Crippen LogP contribution in [0.4, 0.5) is 0 Å². The second kappa shape index (κ2) is 5.84. The molecule has 0 atom stereocenters. The molecule has 1 heterocycles. The molecule has 0 saturated heterocycles. The minimum Gasteiger partial charge on any atom is -0.188 e. The minimum absolute atomic E-state index is 0.746. The highest BCUT2D eigenvalue weighted by molar-refractivity contribution is 7.99. The van der Waals surface area contributed by atoms with Gasteiger partial charge >= 0.3 is 0 Å². The summed E-state index contributed by atoms with van der Waals surface area (Å²) in [5.41, 5.74) is 3.66. The fraction of sp³-hybridized carbons (Fsp3) is 0.182. The molecule has 0 unspecified atom stereocenters. The predicted molar refractivity (Wildman–Crippen MR) is 69.6 cm³/mol. The Labute approximate surface area is 109 Å². The molecular formula is C11H11ClN4S. The topological polar surface area (TPSA) is 43.6 Å². The van der Waals surface area contributed by atoms with E-state index in [1.54, 1.807) is 4.68 Å². The van der Waals surface area contributed by atoms with Gasteiger partial charge in [-0.05, 0) is 29.5 Å². The summed E-state index contributed by atoms with van der Waals surface area (Å²) in [6, 6.07) is 8.05. The van der Waals surface area contributed by atoms with Gasteiger partial charge in [-0.15, -0.1) is 5.10 Å². The number of halogens is 1. The van der Waals surface area contributed by atoms with E-state index < -0.39 is 0 Å². The molecule has 2 aromatic rings. The van der Waals surface area contributed by atoms with Crippen molar-refractivity contribution in [1.82, 2.24) is 20.2 Å². The molecular weight excluding hydrogens is 256 g/mol. The van der Waals surface area contributed by atoms with E-state index in [1.165, 1.54) is 22.9 Å². The van der Waals surface area contributed by atoms with Crippen LogP contribution in [0.1, 0.15) is 5.56 Å². The molecule has 88 valence electrons. The maximum atomic E-state index is 5.46. The van der Waals surface area contributed by atoms with Crippen molar-refractivity contribution in [1.29, 1.82) is 0 Å². The van der Waals surface area contributed by atoms with Crippen molar-refractivity contribution in [3.05, 3.63) is 41.4 Å². The number of rotatable bonds is 4. The number of tetrazole rings is 1. The maximum Gasteiger partial charge on any atom is 0.214 e. The molecule has 6 heteroatoms. The van der Waals surface area contributed by atoms with Crippen LogP contribution in [0.3, 0.4) is 0 Å². The Hall–Kier alpha value is -1.33. The maximum absolute atomic E-state index is 5.46. The molecule has 0 saturated carbocycles. The van der Waals surface area contributed by atoms with E-state index in [1.807, 2.05) is 37.3 Å². The zero-order valence-corrected chi connectivity index (χ0v) is 10.8. The molecule has 0 aliphatic heterocycles. The summed E-state index contributed by atoms with van der Waals surface area (Å²) in [6.45, 7) is 2.05. The standard InChI is InChI=1S/C11H11ClN4S/c1-9-3-5-10(6-4-9)16-11(13-14-15-16)17-8-2-7-12/h2-7H,8H2,1H3/b7-2+. The number of aromatic nitrogens is 4. The molecule has 2 rings (SSSR count). The fourth-order valence-corrected chi connectivity index (χ4v) is 2.17. The van der Waals surface area contributed by atoms with Gasteiger partial charge in [0.25, 0.3) is 0 Å². The van der Waals surface area contributed by atoms with E-state index >= 15 is 0 Å². The van der Waals surface area contributed by atoms with Crippen LogP contribution in [-0.2, 0) is 0 Å². The third-order valence-corrected chi connectivity index (χ3v) is 3.17. The average Bonchev–Trinajstić information content (AvgIpc) is 2.79. The van der Waals surface area contributed by atoms with Gasteiger partial charge in [0.2, 0.25) is 5.16 Å². The van der Waals surface area contributed by atoms with E-state index in [2.05, 4.69) is 15.5 Å². The first kappa shape index (κ1) is 12.1. The SMILES string of the molecule is Cc1ccc(-n2nnnc2SC/C=C/Cl)cc1. The van der Waals surface area contributed by atoms with Crippen LogP contribution in [0, 0.1) is 6.92 Å². The van der Waals surface area contributed by atoms with E-state index in [9.17, 15) is 0 Å². The summed E-state index contributed by atoms with van der Waals surface area (Å²) < 4.78 is 1.71. The van der Waals surface area contributed by atoms with Gasteiger partial charge in [0.1, 0.15) is 0 Å². The molecule has 0 N–H and O–H groups in total. The van der Waals surface area contributed by atoms with Crippen LogP contribution in [0.2, 0.25) is 0 Å². The molecule has 0 aliphatic carbocycles. The van der Waals surface area contributed by atoms with Gasteiger partial charge in [-0.1, -0.05) is 47.1 Å². The van der Waals surface area contributed by atoms with E-state index in [4.69, 9.17) is 11.6 Å². The molecule has 0 amide bonds. The number of benzene rings is 1. The van der Waals surface area contributed by atoms with Crippen molar-refractivity contribution in [3.63, 3.8) is 0 Å². The van der Waals surface area contributed by atoms with Gasteiger partial charge in [-0.25, -0.2) is 0 Å². The van der Waals surface area contributed by atoms with Gasteiger partial charge in [0.15, 0.2) is 0 Å². The van der Waals surface area contributed by atoms with Crippen LogP contribution >= 0.6 is 23.4 Å². The van der Waals surface area contributed by atoms with E-state index in [0.29, 0.717) is 0 Å². The van der Waals surface area contributed by atoms with Crippen LogP contribution in [0.25, 0.3) is 5.69 Å². The lowest BCUT2D eigenvalue weighted by atomic mass is 10.2. The lowest BCUT2D eigenvalue weighted by Gasteiger charge is -2.03. The van der Waals surface area contributed by atoms with Crippen molar-refractivity contribution < 1.29 is 0 Å². The second-order valence-corrected chi connectivity index (χ2v) is 4.62. The predicted octanol–water partition coefficient (Wildman–Crippen LogP) is 2.82. The Bertz CT molecular complexity index is 506. The number of aryl methyl sites for hydroxylation is 1. The highest BCUT2D eigenvalue weighted by atomic mass is 35.5. The highest BCUT2D eigenvalue weighted by Gasteiger charge is 2.07. The van der Waals surface area contributed by atoms with E-state index in [-0.39, 0.29) is 0 Å². The molecule has 4 nitrogen and oxygen atoms in total. The largest absolute Gasteiger partial charge is 0.214 e. The van der Waals surface area contributed by atoms with Crippen LogP contribution in [0.15, 0.2) is 41.0 Å². The number of nitrogens with zero attached hydrogens (tertiary/aromatic N) is 4. The summed E-state index contributed by atoms with van der Waals surface area (Å²) in [6.07, 6.45) is 1.85. The Kier molecular flexibility index (Phi) is 4.17. The summed E-state index contributed by atoms with van der Waals surface area (Å²) in [5, 5.41) is 12.4. The van der Waals surface area contributed by atoms with Crippen LogP contribution in [0.5, 0.6) is 0 Å². The molecule has 0 fully saturated rings. The summed E-state index contributed by atoms with van der Waals surface area (Å²) >= 11 is 7.00. The third-order valence-electron chi connectivity index (χ3n) is 2.12. The van der Waals surface area contributed by atoms with Crippen molar-refractivity contribution in [3.8, 4) is 5.69 Å². The highest BCUT2D eigenvalue weighted by Crippen LogP contribution is 2.18. The molecule has 0 spiro atoms. The monoisotopic (exact) mass is 266 g/mol. The average molecular weight is 267 g/mol. The van der Waals surface area contributed by atoms with Crippen molar-refractivity contribution in [2.24, 2.45) is 0 Å². The summed E-state index contributed by atoms with van der Waals surface area (Å²) in [4.78, 5) is 0. The Morgan fingerprint density at radius 1 is 1.35 bits per heavy atom. The normalized spacial score (nSPS) is 11.2. The quantitative estimate of drug-likeness (QED) is 0.798. The lowest BCUT2D eigenvalue weighted by Crippen LogP contribution is -1.98. The van der Waals surface area contributed by atoms with Crippen molar-refractivity contribution in [2.75, 3.05) is 5.75 Å². The third kappa shape index (κ3) is 3.08. The Morgan fingerprint density at radius 3 is 2.82 bits per heavy atom. The Balaban J connectivity index is 2.21. The fourth-order valence-electron chi connectivity index (χ4n) is 1.28. The van der Waals surface area contributed by atoms with Gasteiger partial charge in [-0.3, -0.25) is 0 Å². The molecule has 1 aromatic heterocycles. The first-order valence-corrected chi connectivity index (χ1v) is 6.47. The van der Waals surface area contributed by atoms with Gasteiger partial charge in [-0.2, -0.15) is 4.68 Å². The van der Waals surface area contributed by atoms with Gasteiger partial charge in [0, 0.05) is 11.3 Å². The van der Waals surface area contributed by atoms with Crippen LogP contribution in [-0.4, -0.2) is 26.0 Å². The summed E-state index contributed by atoms with van der Waals surface area (Å²) in [7, 11) is 0. The van der Waals surface area contributed by atoms with Gasteiger partial charge < -0.3 is 0 Å². The van der Waals surface area contributed by atoms with Gasteiger partial charge in [0.05, 0.1) is 5.69 Å². The lowest BCUT2D eigenvalue weighted by molar-refractivity contribution is 0.756. The molecule has 0 bridgehead atoms. The number of thioether (sulfide) groups is 1. The Morgan fingerprint density at radius 2 is 2.12 bits per heavy atom.